The molecule has 0 fully saturated rings. The van der Waals surface area contributed by atoms with Crippen LogP contribution in [-0.4, -0.2) is 6.61 Å². The fourth-order valence-corrected chi connectivity index (χ4v) is 0.784. The molecular formula is C10H11O. The van der Waals surface area contributed by atoms with Crippen LogP contribution in [0.4, 0.5) is 0 Å². The van der Waals surface area contributed by atoms with E-state index in [9.17, 15) is 0 Å². The Hall–Kier alpha value is -1.24. The molecule has 1 aromatic carbocycles. The van der Waals surface area contributed by atoms with Gasteiger partial charge in [0, 0.05) is 6.07 Å². The largest absolute Gasteiger partial charge is 0.489 e. The summed E-state index contributed by atoms with van der Waals surface area (Å²) < 4.78 is 5.26. The Morgan fingerprint density at radius 1 is 1.73 bits per heavy atom. The minimum atomic E-state index is 0.542. The standard InChI is InChI=1S/C10H11O/c1-3-7-11-10-6-4-5-9(2)8-10/h3-5,8H,1,7H2,2H3. The van der Waals surface area contributed by atoms with Crippen LogP contribution in [0.25, 0.3) is 0 Å². The Balaban J connectivity index is 2.63. The number of rotatable bonds is 3. The number of benzene rings is 1. The van der Waals surface area contributed by atoms with E-state index in [1.807, 2.05) is 25.1 Å². The highest BCUT2D eigenvalue weighted by Gasteiger charge is 1.90. The molecule has 1 radical (unpaired) electrons. The van der Waals surface area contributed by atoms with Crippen molar-refractivity contribution in [1.29, 1.82) is 0 Å². The van der Waals surface area contributed by atoms with Crippen LogP contribution < -0.4 is 4.74 Å². The summed E-state index contributed by atoms with van der Waals surface area (Å²) in [4.78, 5) is 0. The summed E-state index contributed by atoms with van der Waals surface area (Å²) in [5.41, 5.74) is 1.18. The topological polar surface area (TPSA) is 9.23 Å². The molecule has 0 bridgehead atoms. The summed E-state index contributed by atoms with van der Waals surface area (Å²) in [5.74, 6) is 0.782. The van der Waals surface area contributed by atoms with E-state index in [2.05, 4.69) is 12.6 Å². The Kier molecular flexibility index (Phi) is 2.73. The van der Waals surface area contributed by atoms with Crippen LogP contribution in [0.3, 0.4) is 0 Å². The van der Waals surface area contributed by atoms with Gasteiger partial charge in [-0.05, 0) is 18.6 Å². The predicted octanol–water partition coefficient (Wildman–Crippen LogP) is 2.36. The third-order valence-corrected chi connectivity index (χ3v) is 1.29. The van der Waals surface area contributed by atoms with E-state index < -0.39 is 0 Å². The normalized spacial score (nSPS) is 9.18. The first kappa shape index (κ1) is 7.86. The quantitative estimate of drug-likeness (QED) is 0.596. The third kappa shape index (κ3) is 2.46. The Labute approximate surface area is 67.3 Å². The molecule has 1 nitrogen and oxygen atoms in total. The first-order valence-electron chi connectivity index (χ1n) is 3.55. The third-order valence-electron chi connectivity index (χ3n) is 1.29. The fraction of sp³-hybridized carbons (Fsp3) is 0.200. The Morgan fingerprint density at radius 3 is 3.18 bits per heavy atom. The second-order valence-corrected chi connectivity index (χ2v) is 2.33. The van der Waals surface area contributed by atoms with E-state index in [4.69, 9.17) is 4.74 Å². The molecule has 0 N–H and O–H groups in total. The van der Waals surface area contributed by atoms with Gasteiger partial charge in [-0.1, -0.05) is 24.8 Å². The molecule has 1 rings (SSSR count). The molecule has 0 saturated carbocycles. The lowest BCUT2D eigenvalue weighted by Gasteiger charge is -2.01. The molecule has 0 aromatic heterocycles. The summed E-state index contributed by atoms with van der Waals surface area (Å²) in [6.45, 7) is 6.12. The van der Waals surface area contributed by atoms with Gasteiger partial charge in [0.1, 0.15) is 12.4 Å². The number of hydrogen-bond donors (Lipinski definition) is 0. The van der Waals surface area contributed by atoms with Crippen molar-refractivity contribution in [3.05, 3.63) is 42.5 Å². The van der Waals surface area contributed by atoms with Crippen molar-refractivity contribution in [2.24, 2.45) is 0 Å². The lowest BCUT2D eigenvalue weighted by molar-refractivity contribution is 0.362. The first-order chi connectivity index (χ1) is 5.33. The first-order valence-corrected chi connectivity index (χ1v) is 3.55. The summed E-state index contributed by atoms with van der Waals surface area (Å²) in [6.07, 6.45) is 1.72. The fourth-order valence-electron chi connectivity index (χ4n) is 0.784. The molecule has 0 unspecified atom stereocenters. The molecule has 0 aliphatic carbocycles. The van der Waals surface area contributed by atoms with Crippen molar-refractivity contribution in [3.8, 4) is 5.75 Å². The molecule has 0 aliphatic rings. The van der Waals surface area contributed by atoms with Crippen LogP contribution >= 0.6 is 0 Å². The molecule has 57 valence electrons. The van der Waals surface area contributed by atoms with E-state index in [-0.39, 0.29) is 0 Å². The van der Waals surface area contributed by atoms with Gasteiger partial charge in [-0.3, -0.25) is 0 Å². The van der Waals surface area contributed by atoms with Crippen LogP contribution in [0.5, 0.6) is 5.75 Å². The van der Waals surface area contributed by atoms with E-state index >= 15 is 0 Å². The number of ether oxygens (including phenoxy) is 1. The van der Waals surface area contributed by atoms with Gasteiger partial charge in [-0.15, -0.1) is 0 Å². The zero-order valence-corrected chi connectivity index (χ0v) is 6.63. The van der Waals surface area contributed by atoms with Gasteiger partial charge in [0.15, 0.2) is 0 Å². The van der Waals surface area contributed by atoms with Crippen molar-refractivity contribution in [2.75, 3.05) is 6.61 Å². The van der Waals surface area contributed by atoms with Crippen molar-refractivity contribution < 1.29 is 4.74 Å². The van der Waals surface area contributed by atoms with E-state index in [1.165, 1.54) is 5.56 Å². The minimum Gasteiger partial charge on any atom is -0.489 e. The molecule has 11 heavy (non-hydrogen) atoms. The van der Waals surface area contributed by atoms with Gasteiger partial charge in [0.2, 0.25) is 0 Å². The van der Waals surface area contributed by atoms with Crippen LogP contribution in [0.2, 0.25) is 0 Å². The average Bonchev–Trinajstić information content (AvgIpc) is 2.01. The molecule has 1 heteroatoms. The number of hydrogen-bond acceptors (Lipinski definition) is 1. The molecule has 0 atom stereocenters. The van der Waals surface area contributed by atoms with Crippen molar-refractivity contribution in [2.45, 2.75) is 6.92 Å². The summed E-state index contributed by atoms with van der Waals surface area (Å²) in [6, 6.07) is 8.76. The van der Waals surface area contributed by atoms with Crippen molar-refractivity contribution >= 4 is 0 Å². The molecule has 0 amide bonds. The summed E-state index contributed by atoms with van der Waals surface area (Å²) in [7, 11) is 0. The molecular weight excluding hydrogens is 136 g/mol. The van der Waals surface area contributed by atoms with Gasteiger partial charge in [0.05, 0.1) is 0 Å². The predicted molar refractivity (Wildman–Crippen MR) is 45.7 cm³/mol. The smallest absolute Gasteiger partial charge is 0.128 e. The molecule has 0 saturated heterocycles. The highest BCUT2D eigenvalue weighted by atomic mass is 16.5. The van der Waals surface area contributed by atoms with Crippen LogP contribution in [-0.2, 0) is 0 Å². The number of aryl methyl sites for hydroxylation is 1. The maximum absolute atomic E-state index is 5.26. The molecule has 0 heterocycles. The van der Waals surface area contributed by atoms with Crippen molar-refractivity contribution in [1.82, 2.24) is 0 Å². The molecule has 1 aromatic rings. The van der Waals surface area contributed by atoms with Gasteiger partial charge >= 0.3 is 0 Å². The second-order valence-electron chi connectivity index (χ2n) is 2.33. The van der Waals surface area contributed by atoms with Crippen LogP contribution in [0.15, 0.2) is 30.9 Å². The zero-order valence-electron chi connectivity index (χ0n) is 6.63. The Morgan fingerprint density at radius 2 is 2.55 bits per heavy atom. The van der Waals surface area contributed by atoms with E-state index in [0.717, 1.165) is 5.75 Å². The molecule has 0 aliphatic heterocycles. The zero-order chi connectivity index (χ0) is 8.10. The Bertz CT molecular complexity index is 240. The average molecular weight is 147 g/mol. The van der Waals surface area contributed by atoms with Gasteiger partial charge in [0.25, 0.3) is 0 Å². The summed E-state index contributed by atoms with van der Waals surface area (Å²) >= 11 is 0. The lowest BCUT2D eigenvalue weighted by atomic mass is 10.2. The van der Waals surface area contributed by atoms with Gasteiger partial charge in [-0.25, -0.2) is 0 Å². The lowest BCUT2D eigenvalue weighted by Crippen LogP contribution is -1.92. The van der Waals surface area contributed by atoms with E-state index in [0.29, 0.717) is 6.61 Å². The second kappa shape index (κ2) is 3.81. The molecule has 0 spiro atoms. The monoisotopic (exact) mass is 147 g/mol. The maximum atomic E-state index is 5.26. The van der Waals surface area contributed by atoms with E-state index in [1.54, 1.807) is 6.08 Å². The summed E-state index contributed by atoms with van der Waals surface area (Å²) in [5, 5.41) is 0. The van der Waals surface area contributed by atoms with Crippen LogP contribution in [0, 0.1) is 13.0 Å². The minimum absolute atomic E-state index is 0.542. The van der Waals surface area contributed by atoms with Crippen molar-refractivity contribution in [3.63, 3.8) is 0 Å². The van der Waals surface area contributed by atoms with Crippen LogP contribution in [0.1, 0.15) is 5.56 Å². The van der Waals surface area contributed by atoms with Gasteiger partial charge < -0.3 is 4.74 Å². The highest BCUT2D eigenvalue weighted by molar-refractivity contribution is 5.26. The highest BCUT2D eigenvalue weighted by Crippen LogP contribution is 2.10. The van der Waals surface area contributed by atoms with Gasteiger partial charge in [-0.2, -0.15) is 0 Å². The maximum Gasteiger partial charge on any atom is 0.128 e. The SMILES string of the molecule is C=CCOc1[c]ccc(C)c1.